The van der Waals surface area contributed by atoms with Crippen molar-refractivity contribution in [3.05, 3.63) is 22.8 Å². The second kappa shape index (κ2) is 5.81. The fourth-order valence-corrected chi connectivity index (χ4v) is 3.46. The highest BCUT2D eigenvalue weighted by Gasteiger charge is 2.22. The zero-order chi connectivity index (χ0) is 11.4. The van der Waals surface area contributed by atoms with Crippen LogP contribution in [0.4, 0.5) is 0 Å². The Bertz CT molecular complexity index is 293. The van der Waals surface area contributed by atoms with Gasteiger partial charge in [0.15, 0.2) is 0 Å². The van der Waals surface area contributed by atoms with Gasteiger partial charge in [-0.25, -0.2) is 0 Å². The number of unbranched alkanes of at least 4 members (excludes halogenated alkanes) is 1. The van der Waals surface area contributed by atoms with Crippen molar-refractivity contribution in [2.75, 3.05) is 18.8 Å². The quantitative estimate of drug-likeness (QED) is 0.686. The van der Waals surface area contributed by atoms with E-state index < -0.39 is 0 Å². The number of fused-ring (bicyclic) bond motifs is 1. The van der Waals surface area contributed by atoms with Crippen LogP contribution in [0.15, 0.2) is 22.8 Å². The molecule has 1 nitrogen and oxygen atoms in total. The first-order valence-electron chi connectivity index (χ1n) is 6.59. The lowest BCUT2D eigenvalue weighted by Crippen LogP contribution is -2.23. The molecule has 0 N–H and O–H groups in total. The zero-order valence-corrected chi connectivity index (χ0v) is 11.4. The number of thioether (sulfide) groups is 1. The minimum atomic E-state index is 0.892. The Hall–Kier alpha value is -0.370. The van der Waals surface area contributed by atoms with Gasteiger partial charge >= 0.3 is 0 Å². The minimum Gasteiger partial charge on any atom is -0.372 e. The second-order valence-corrected chi connectivity index (χ2v) is 5.81. The lowest BCUT2D eigenvalue weighted by Gasteiger charge is -2.22. The predicted octanol–water partition coefficient (Wildman–Crippen LogP) is 4.03. The largest absolute Gasteiger partial charge is 0.372 e. The van der Waals surface area contributed by atoms with Gasteiger partial charge in [-0.05, 0) is 28.9 Å². The molecule has 0 aromatic rings. The molecule has 2 heterocycles. The SMILES string of the molecule is CCCCC(CC)CN1C=C2CSC=C2C1. The topological polar surface area (TPSA) is 3.24 Å². The molecule has 90 valence electrons. The second-order valence-electron chi connectivity index (χ2n) is 4.95. The summed E-state index contributed by atoms with van der Waals surface area (Å²) in [5, 5.41) is 2.35. The number of hydrogen-bond acceptors (Lipinski definition) is 2. The number of nitrogens with zero attached hydrogens (tertiary/aromatic N) is 1. The molecule has 2 rings (SSSR count). The summed E-state index contributed by atoms with van der Waals surface area (Å²) in [5.41, 5.74) is 3.16. The van der Waals surface area contributed by atoms with Gasteiger partial charge in [-0.1, -0.05) is 33.1 Å². The molecule has 0 spiro atoms. The Balaban J connectivity index is 1.81. The average molecular weight is 237 g/mol. The third-order valence-corrected chi connectivity index (χ3v) is 4.55. The molecule has 2 aliphatic heterocycles. The molecule has 16 heavy (non-hydrogen) atoms. The van der Waals surface area contributed by atoms with Crippen LogP contribution in [0.5, 0.6) is 0 Å². The number of hydrogen-bond donors (Lipinski definition) is 0. The summed E-state index contributed by atoms with van der Waals surface area (Å²) in [6.45, 7) is 7.06. The van der Waals surface area contributed by atoms with E-state index in [-0.39, 0.29) is 0 Å². The fraction of sp³-hybridized carbons (Fsp3) is 0.714. The highest BCUT2D eigenvalue weighted by Crippen LogP contribution is 2.33. The Morgan fingerprint density at radius 1 is 1.38 bits per heavy atom. The van der Waals surface area contributed by atoms with Gasteiger partial charge in [0, 0.05) is 25.0 Å². The van der Waals surface area contributed by atoms with E-state index in [0.29, 0.717) is 0 Å². The fourth-order valence-electron chi connectivity index (χ4n) is 2.51. The molecule has 0 radical (unpaired) electrons. The molecule has 2 heteroatoms. The maximum absolute atomic E-state index is 2.53. The van der Waals surface area contributed by atoms with Crippen molar-refractivity contribution in [2.24, 2.45) is 5.92 Å². The van der Waals surface area contributed by atoms with E-state index in [1.54, 1.807) is 11.1 Å². The minimum absolute atomic E-state index is 0.892. The average Bonchev–Trinajstić information content (AvgIpc) is 2.84. The molecule has 0 bridgehead atoms. The molecule has 0 amide bonds. The molecule has 0 aromatic carbocycles. The van der Waals surface area contributed by atoms with Crippen LogP contribution in [-0.2, 0) is 0 Å². The van der Waals surface area contributed by atoms with Gasteiger partial charge in [0.2, 0.25) is 0 Å². The summed E-state index contributed by atoms with van der Waals surface area (Å²) < 4.78 is 0. The van der Waals surface area contributed by atoms with E-state index in [0.717, 1.165) is 5.92 Å². The molecular formula is C14H23NS. The van der Waals surface area contributed by atoms with Crippen LogP contribution < -0.4 is 0 Å². The number of rotatable bonds is 6. The van der Waals surface area contributed by atoms with E-state index in [2.05, 4.69) is 30.4 Å². The normalized spacial score (nSPS) is 20.8. The third kappa shape index (κ3) is 2.85. The Morgan fingerprint density at radius 2 is 2.25 bits per heavy atom. The maximum Gasteiger partial charge on any atom is 0.0432 e. The molecule has 0 fully saturated rings. The van der Waals surface area contributed by atoms with Crippen LogP contribution in [0.3, 0.4) is 0 Å². The first-order valence-corrected chi connectivity index (χ1v) is 7.64. The molecular weight excluding hydrogens is 214 g/mol. The lowest BCUT2D eigenvalue weighted by molar-refractivity contribution is 0.311. The van der Waals surface area contributed by atoms with Crippen molar-refractivity contribution in [3.63, 3.8) is 0 Å². The lowest BCUT2D eigenvalue weighted by atomic mass is 9.99. The Kier molecular flexibility index (Phi) is 4.39. The summed E-state index contributed by atoms with van der Waals surface area (Å²) in [4.78, 5) is 2.53. The van der Waals surface area contributed by atoms with Gasteiger partial charge in [0.25, 0.3) is 0 Å². The maximum atomic E-state index is 2.53. The van der Waals surface area contributed by atoms with E-state index >= 15 is 0 Å². The first-order chi connectivity index (χ1) is 7.83. The van der Waals surface area contributed by atoms with Crippen molar-refractivity contribution >= 4 is 11.8 Å². The highest BCUT2D eigenvalue weighted by molar-refractivity contribution is 8.02. The van der Waals surface area contributed by atoms with E-state index in [1.165, 1.54) is 44.5 Å². The molecule has 0 aromatic heterocycles. The Morgan fingerprint density at radius 3 is 2.94 bits per heavy atom. The van der Waals surface area contributed by atoms with E-state index in [9.17, 15) is 0 Å². The summed E-state index contributed by atoms with van der Waals surface area (Å²) in [6.07, 6.45) is 7.86. The van der Waals surface area contributed by atoms with Gasteiger partial charge in [-0.2, -0.15) is 0 Å². The van der Waals surface area contributed by atoms with Crippen molar-refractivity contribution in [1.82, 2.24) is 4.90 Å². The molecule has 1 unspecified atom stereocenters. The highest BCUT2D eigenvalue weighted by atomic mass is 32.2. The summed E-state index contributed by atoms with van der Waals surface area (Å²) in [6, 6.07) is 0. The molecule has 0 saturated heterocycles. The zero-order valence-electron chi connectivity index (χ0n) is 10.5. The van der Waals surface area contributed by atoms with Gasteiger partial charge in [-0.15, -0.1) is 11.8 Å². The molecule has 0 aliphatic carbocycles. The predicted molar refractivity (Wildman–Crippen MR) is 73.5 cm³/mol. The van der Waals surface area contributed by atoms with Crippen molar-refractivity contribution in [2.45, 2.75) is 39.5 Å². The molecule has 1 atom stereocenters. The Labute approximate surface area is 104 Å². The van der Waals surface area contributed by atoms with Crippen LogP contribution >= 0.6 is 11.8 Å². The third-order valence-electron chi connectivity index (χ3n) is 3.62. The van der Waals surface area contributed by atoms with Crippen molar-refractivity contribution in [3.8, 4) is 0 Å². The smallest absolute Gasteiger partial charge is 0.0432 e. The molecule has 0 saturated carbocycles. The summed E-state index contributed by atoms with van der Waals surface area (Å²) in [7, 11) is 0. The summed E-state index contributed by atoms with van der Waals surface area (Å²) >= 11 is 1.95. The van der Waals surface area contributed by atoms with Gasteiger partial charge in [0.1, 0.15) is 0 Å². The monoisotopic (exact) mass is 237 g/mol. The van der Waals surface area contributed by atoms with Crippen molar-refractivity contribution in [1.29, 1.82) is 0 Å². The van der Waals surface area contributed by atoms with Gasteiger partial charge < -0.3 is 4.90 Å². The molecule has 2 aliphatic rings. The van der Waals surface area contributed by atoms with Crippen molar-refractivity contribution < 1.29 is 0 Å². The van der Waals surface area contributed by atoms with Gasteiger partial charge in [-0.3, -0.25) is 0 Å². The van der Waals surface area contributed by atoms with Gasteiger partial charge in [0.05, 0.1) is 0 Å². The van der Waals surface area contributed by atoms with E-state index in [1.807, 2.05) is 11.8 Å². The van der Waals surface area contributed by atoms with Crippen LogP contribution in [-0.4, -0.2) is 23.7 Å². The van der Waals surface area contributed by atoms with Crippen LogP contribution in [0.25, 0.3) is 0 Å². The first kappa shape index (κ1) is 12.1. The van der Waals surface area contributed by atoms with E-state index in [4.69, 9.17) is 0 Å². The van der Waals surface area contributed by atoms with Crippen LogP contribution in [0.2, 0.25) is 0 Å². The van der Waals surface area contributed by atoms with Crippen LogP contribution in [0.1, 0.15) is 39.5 Å². The standard InChI is InChI=1S/C14H23NS/c1-3-5-6-12(4-2)7-15-8-13-10-16-11-14(13)9-15/h8,11-12H,3-7,9-10H2,1-2H3. The van der Waals surface area contributed by atoms with Crippen LogP contribution in [0, 0.1) is 5.92 Å². The summed E-state index contributed by atoms with van der Waals surface area (Å²) in [5.74, 6) is 2.10.